The lowest BCUT2D eigenvalue weighted by Gasteiger charge is -1.96. The van der Waals surface area contributed by atoms with E-state index in [2.05, 4.69) is 30.5 Å². The van der Waals surface area contributed by atoms with Gasteiger partial charge in [-0.1, -0.05) is 6.07 Å². The molecule has 0 aliphatic rings. The molecule has 8 heteroatoms. The number of aromatic nitrogens is 6. The summed E-state index contributed by atoms with van der Waals surface area (Å²) in [4.78, 5) is 4.17. The van der Waals surface area contributed by atoms with Crippen LogP contribution < -0.4 is 0 Å². The molecule has 3 rings (SSSR count). The van der Waals surface area contributed by atoms with Crippen LogP contribution in [0, 0.1) is 11.7 Å². The summed E-state index contributed by atoms with van der Waals surface area (Å²) in [6, 6.07) is 7.46. The molecular formula is C12H11N7S. The molecule has 0 aliphatic carbocycles. The Morgan fingerprint density at radius 2 is 2.20 bits per heavy atom. The third kappa shape index (κ3) is 2.41. The Morgan fingerprint density at radius 3 is 2.90 bits per heavy atom. The molecule has 2 N–H and O–H groups in total. The van der Waals surface area contributed by atoms with Crippen LogP contribution >= 0.6 is 12.2 Å². The molecule has 0 unspecified atom stereocenters. The Balaban J connectivity index is 2.00. The quantitative estimate of drug-likeness (QED) is 0.568. The Morgan fingerprint density at radius 1 is 1.30 bits per heavy atom. The Labute approximate surface area is 119 Å². The van der Waals surface area contributed by atoms with Gasteiger partial charge in [0.1, 0.15) is 5.69 Å². The predicted molar refractivity (Wildman–Crippen MR) is 77.0 cm³/mol. The van der Waals surface area contributed by atoms with Crippen molar-refractivity contribution in [2.45, 2.75) is 6.92 Å². The van der Waals surface area contributed by atoms with Crippen LogP contribution in [0.5, 0.6) is 0 Å². The second kappa shape index (κ2) is 5.17. The molecule has 100 valence electrons. The van der Waals surface area contributed by atoms with E-state index in [-0.39, 0.29) is 0 Å². The first-order chi connectivity index (χ1) is 9.74. The van der Waals surface area contributed by atoms with E-state index < -0.39 is 0 Å². The van der Waals surface area contributed by atoms with Crippen molar-refractivity contribution >= 4 is 18.4 Å². The SMILES string of the molecule is Cc1cc(-c2n[nH]c(=S)n2/N=C/c2ccccn2)n[nH]1. The summed E-state index contributed by atoms with van der Waals surface area (Å²) in [5, 5.41) is 18.2. The molecule has 0 spiro atoms. The number of rotatable bonds is 3. The molecule has 0 bridgehead atoms. The molecule has 0 amide bonds. The topological polar surface area (TPSA) is 87.5 Å². The van der Waals surface area contributed by atoms with Crippen LogP contribution in [0.2, 0.25) is 0 Å². The summed E-state index contributed by atoms with van der Waals surface area (Å²) in [5.41, 5.74) is 2.35. The van der Waals surface area contributed by atoms with Gasteiger partial charge in [-0.05, 0) is 37.3 Å². The standard InChI is InChI=1S/C12H11N7S/c1-8-6-10(16-15-8)11-17-18-12(20)19(11)14-7-9-4-2-3-5-13-9/h2-7H,1H3,(H,15,16)(H,18,20)/b14-7+. The minimum atomic E-state index is 0.396. The van der Waals surface area contributed by atoms with Crippen LogP contribution in [-0.2, 0) is 0 Å². The number of nitrogens with zero attached hydrogens (tertiary/aromatic N) is 5. The zero-order valence-corrected chi connectivity index (χ0v) is 11.4. The van der Waals surface area contributed by atoms with E-state index in [1.54, 1.807) is 12.4 Å². The number of hydrogen-bond donors (Lipinski definition) is 2. The molecule has 0 saturated heterocycles. The Kier molecular flexibility index (Phi) is 3.21. The lowest BCUT2D eigenvalue weighted by Crippen LogP contribution is -1.96. The molecule has 3 heterocycles. The van der Waals surface area contributed by atoms with E-state index in [0.717, 1.165) is 11.4 Å². The van der Waals surface area contributed by atoms with E-state index >= 15 is 0 Å². The number of aryl methyl sites for hydroxylation is 1. The van der Waals surface area contributed by atoms with Gasteiger partial charge in [0.25, 0.3) is 0 Å². The van der Waals surface area contributed by atoms with Gasteiger partial charge in [0.2, 0.25) is 10.6 Å². The van der Waals surface area contributed by atoms with Gasteiger partial charge in [-0.15, -0.1) is 0 Å². The zero-order chi connectivity index (χ0) is 13.9. The maximum absolute atomic E-state index is 5.17. The monoisotopic (exact) mass is 285 g/mol. The summed E-state index contributed by atoms with van der Waals surface area (Å²) in [5.74, 6) is 0.548. The number of nitrogens with one attached hydrogen (secondary N) is 2. The highest BCUT2D eigenvalue weighted by Gasteiger charge is 2.10. The molecule has 7 nitrogen and oxygen atoms in total. The van der Waals surface area contributed by atoms with Crippen molar-refractivity contribution in [3.63, 3.8) is 0 Å². The minimum absolute atomic E-state index is 0.396. The van der Waals surface area contributed by atoms with Crippen molar-refractivity contribution in [3.05, 3.63) is 46.6 Å². The van der Waals surface area contributed by atoms with Gasteiger partial charge >= 0.3 is 0 Å². The third-order valence-electron chi connectivity index (χ3n) is 2.58. The largest absolute Gasteiger partial charge is 0.282 e. The van der Waals surface area contributed by atoms with Crippen molar-refractivity contribution in [2.75, 3.05) is 0 Å². The van der Waals surface area contributed by atoms with Crippen molar-refractivity contribution < 1.29 is 0 Å². The highest BCUT2D eigenvalue weighted by atomic mass is 32.1. The number of pyridine rings is 1. The van der Waals surface area contributed by atoms with Crippen LogP contribution in [0.3, 0.4) is 0 Å². The van der Waals surface area contributed by atoms with Crippen LogP contribution in [0.4, 0.5) is 0 Å². The molecule has 3 aromatic heterocycles. The van der Waals surface area contributed by atoms with E-state index in [0.29, 0.717) is 16.3 Å². The molecular weight excluding hydrogens is 274 g/mol. The van der Waals surface area contributed by atoms with E-state index in [1.165, 1.54) is 4.68 Å². The fourth-order valence-electron chi connectivity index (χ4n) is 1.67. The zero-order valence-electron chi connectivity index (χ0n) is 10.6. The van der Waals surface area contributed by atoms with Gasteiger partial charge in [-0.3, -0.25) is 10.1 Å². The van der Waals surface area contributed by atoms with Gasteiger partial charge in [-0.25, -0.2) is 5.10 Å². The second-order valence-corrected chi connectivity index (χ2v) is 4.49. The van der Waals surface area contributed by atoms with Crippen molar-refractivity contribution in [3.8, 4) is 11.5 Å². The van der Waals surface area contributed by atoms with Gasteiger partial charge in [0, 0.05) is 11.9 Å². The van der Waals surface area contributed by atoms with Crippen LogP contribution in [-0.4, -0.2) is 36.3 Å². The van der Waals surface area contributed by atoms with Crippen LogP contribution in [0.1, 0.15) is 11.4 Å². The van der Waals surface area contributed by atoms with Crippen molar-refractivity contribution in [2.24, 2.45) is 5.10 Å². The molecule has 0 fully saturated rings. The molecule has 20 heavy (non-hydrogen) atoms. The van der Waals surface area contributed by atoms with E-state index in [1.807, 2.05) is 31.2 Å². The highest BCUT2D eigenvalue weighted by molar-refractivity contribution is 7.71. The Hall–Kier alpha value is -2.61. The maximum atomic E-state index is 5.17. The molecule has 0 aliphatic heterocycles. The number of aromatic amines is 2. The lowest BCUT2D eigenvalue weighted by molar-refractivity contribution is 0.864. The van der Waals surface area contributed by atoms with Gasteiger partial charge < -0.3 is 0 Å². The van der Waals surface area contributed by atoms with Crippen LogP contribution in [0.25, 0.3) is 11.5 Å². The van der Waals surface area contributed by atoms with Crippen molar-refractivity contribution in [1.29, 1.82) is 0 Å². The fourth-order valence-corrected chi connectivity index (χ4v) is 1.85. The number of hydrogen-bond acceptors (Lipinski definition) is 5. The van der Waals surface area contributed by atoms with Crippen molar-refractivity contribution in [1.82, 2.24) is 30.1 Å². The molecule has 0 atom stereocenters. The molecule has 0 radical (unpaired) electrons. The number of H-pyrrole nitrogens is 2. The van der Waals surface area contributed by atoms with Gasteiger partial charge in [-0.2, -0.15) is 20.0 Å². The fraction of sp³-hybridized carbons (Fsp3) is 0.0833. The first-order valence-corrected chi connectivity index (χ1v) is 6.30. The average molecular weight is 285 g/mol. The lowest BCUT2D eigenvalue weighted by atomic mass is 10.3. The first-order valence-electron chi connectivity index (χ1n) is 5.89. The third-order valence-corrected chi connectivity index (χ3v) is 2.84. The Bertz CT molecular complexity index is 797. The predicted octanol–water partition coefficient (Wildman–Crippen LogP) is 1.92. The normalized spacial score (nSPS) is 11.2. The van der Waals surface area contributed by atoms with Gasteiger partial charge in [0.05, 0.1) is 11.9 Å². The molecule has 0 aromatic carbocycles. The summed E-state index contributed by atoms with van der Waals surface area (Å²) in [6.45, 7) is 1.92. The summed E-state index contributed by atoms with van der Waals surface area (Å²) in [7, 11) is 0. The smallest absolute Gasteiger partial charge is 0.216 e. The molecule has 3 aromatic rings. The minimum Gasteiger partial charge on any atom is -0.282 e. The summed E-state index contributed by atoms with van der Waals surface area (Å²) >= 11 is 5.17. The summed E-state index contributed by atoms with van der Waals surface area (Å²) in [6.07, 6.45) is 3.32. The highest BCUT2D eigenvalue weighted by Crippen LogP contribution is 2.15. The maximum Gasteiger partial charge on any atom is 0.216 e. The van der Waals surface area contributed by atoms with E-state index in [9.17, 15) is 0 Å². The second-order valence-electron chi connectivity index (χ2n) is 4.10. The van der Waals surface area contributed by atoms with E-state index in [4.69, 9.17) is 12.2 Å². The van der Waals surface area contributed by atoms with Crippen LogP contribution in [0.15, 0.2) is 35.6 Å². The first kappa shape index (κ1) is 12.4. The molecule has 0 saturated carbocycles. The summed E-state index contributed by atoms with van der Waals surface area (Å²) < 4.78 is 1.91. The average Bonchev–Trinajstić information content (AvgIpc) is 3.04. The van der Waals surface area contributed by atoms with Gasteiger partial charge in [0.15, 0.2) is 0 Å².